The molecule has 0 amide bonds. The van der Waals surface area contributed by atoms with Gasteiger partial charge in [-0.15, -0.1) is 11.3 Å². The van der Waals surface area contributed by atoms with E-state index in [-0.39, 0.29) is 0 Å². The van der Waals surface area contributed by atoms with Crippen molar-refractivity contribution in [3.8, 4) is 56.0 Å². The Morgan fingerprint density at radius 3 is 1.62 bits per heavy atom. The molecule has 11 aromatic rings. The van der Waals surface area contributed by atoms with Gasteiger partial charge in [-0.05, 0) is 98.6 Å². The van der Waals surface area contributed by atoms with E-state index in [0.29, 0.717) is 0 Å². The second kappa shape index (κ2) is 14.6. The predicted molar refractivity (Wildman–Crippen MR) is 268 cm³/mol. The van der Waals surface area contributed by atoms with Gasteiger partial charge in [0.15, 0.2) is 0 Å². The lowest BCUT2D eigenvalue weighted by Crippen LogP contribution is -2.32. The van der Waals surface area contributed by atoms with Crippen LogP contribution in [-0.4, -0.2) is 0 Å². The molecule has 0 radical (unpaired) electrons. The van der Waals surface area contributed by atoms with Gasteiger partial charge in [-0.3, -0.25) is 0 Å². The van der Waals surface area contributed by atoms with Gasteiger partial charge in [0.1, 0.15) is 11.5 Å². The van der Waals surface area contributed by atoms with E-state index in [4.69, 9.17) is 4.74 Å². The van der Waals surface area contributed by atoms with Gasteiger partial charge in [0, 0.05) is 53.9 Å². The summed E-state index contributed by atoms with van der Waals surface area (Å²) in [5.41, 5.74) is 17.2. The number of ether oxygens (including phenoxy) is 1. The van der Waals surface area contributed by atoms with Crippen molar-refractivity contribution in [3.05, 3.63) is 259 Å². The normalized spacial score (nSPS) is 12.9. The number of rotatable bonds is 6. The van der Waals surface area contributed by atoms with Crippen LogP contribution in [0.3, 0.4) is 0 Å². The van der Waals surface area contributed by atoms with Gasteiger partial charge in [-0.2, -0.15) is 0 Å². The lowest BCUT2D eigenvalue weighted by molar-refractivity contribution is 0.438. The third kappa shape index (κ3) is 5.51. The maximum Gasteiger partial charge on any atom is 0.140 e. The van der Waals surface area contributed by atoms with E-state index in [0.717, 1.165) is 45.3 Å². The highest BCUT2D eigenvalue weighted by Gasteiger charge is 2.51. The summed E-state index contributed by atoms with van der Waals surface area (Å²) in [4.78, 5) is 2.37. The van der Waals surface area contributed by atoms with Crippen LogP contribution in [-0.2, 0) is 5.41 Å². The monoisotopic (exact) mass is 833 g/mol. The van der Waals surface area contributed by atoms with Crippen molar-refractivity contribution in [2.24, 2.45) is 0 Å². The largest absolute Gasteiger partial charge is 0.456 e. The van der Waals surface area contributed by atoms with Gasteiger partial charge >= 0.3 is 0 Å². The van der Waals surface area contributed by atoms with Crippen molar-refractivity contribution in [2.45, 2.75) is 5.41 Å². The number of hydrogen-bond donors (Lipinski definition) is 0. The molecule has 2 aliphatic rings. The number of para-hydroxylation sites is 2. The fourth-order valence-electron chi connectivity index (χ4n) is 10.6. The first-order valence-electron chi connectivity index (χ1n) is 21.9. The second-order valence-electron chi connectivity index (χ2n) is 16.7. The Bertz CT molecular complexity index is 3540. The van der Waals surface area contributed by atoms with Crippen LogP contribution in [0.25, 0.3) is 64.7 Å². The van der Waals surface area contributed by atoms with Crippen LogP contribution < -0.4 is 9.64 Å². The van der Waals surface area contributed by atoms with Crippen molar-refractivity contribution in [3.63, 3.8) is 0 Å². The number of nitrogens with zero attached hydrogens (tertiary/aromatic N) is 1. The van der Waals surface area contributed by atoms with Crippen molar-refractivity contribution in [2.75, 3.05) is 4.90 Å². The molecular weight excluding hydrogens is 795 g/mol. The molecule has 1 aliphatic carbocycles. The molecule has 300 valence electrons. The number of thiophene rings is 1. The summed E-state index contributed by atoms with van der Waals surface area (Å²) < 4.78 is 9.67. The molecule has 13 rings (SSSR count). The number of fused-ring (bicyclic) bond motifs is 12. The van der Waals surface area contributed by atoms with E-state index >= 15 is 0 Å². The minimum Gasteiger partial charge on any atom is -0.456 e. The Balaban J connectivity index is 0.935. The fraction of sp³-hybridized carbons (Fsp3) is 0.0164. The maximum absolute atomic E-state index is 7.03. The van der Waals surface area contributed by atoms with Crippen molar-refractivity contribution >= 4 is 48.6 Å². The minimum atomic E-state index is -0.511. The first-order chi connectivity index (χ1) is 31.7. The van der Waals surface area contributed by atoms with Gasteiger partial charge in [0.2, 0.25) is 0 Å². The summed E-state index contributed by atoms with van der Waals surface area (Å²) in [5, 5.41) is 2.62. The topological polar surface area (TPSA) is 12.5 Å². The van der Waals surface area contributed by atoms with Crippen LogP contribution >= 0.6 is 11.3 Å². The lowest BCUT2D eigenvalue weighted by atomic mass is 9.65. The summed E-state index contributed by atoms with van der Waals surface area (Å²) in [5.74, 6) is 1.79. The molecule has 0 fully saturated rings. The number of anilines is 3. The van der Waals surface area contributed by atoms with E-state index < -0.39 is 5.41 Å². The van der Waals surface area contributed by atoms with Gasteiger partial charge in [-0.1, -0.05) is 188 Å². The van der Waals surface area contributed by atoms with Crippen molar-refractivity contribution in [1.29, 1.82) is 0 Å². The van der Waals surface area contributed by atoms with E-state index in [2.05, 4.69) is 241 Å². The molecule has 3 heteroatoms. The molecule has 2 nitrogen and oxygen atoms in total. The molecule has 1 spiro atoms. The molecule has 1 aliphatic heterocycles. The molecule has 0 atom stereocenters. The van der Waals surface area contributed by atoms with Gasteiger partial charge in [0.25, 0.3) is 0 Å². The van der Waals surface area contributed by atoms with E-state index in [1.54, 1.807) is 0 Å². The van der Waals surface area contributed by atoms with E-state index in [1.165, 1.54) is 70.2 Å². The lowest BCUT2D eigenvalue weighted by Gasteiger charge is -2.40. The Kier molecular flexibility index (Phi) is 8.34. The van der Waals surface area contributed by atoms with Crippen LogP contribution in [0, 0.1) is 0 Å². The summed E-state index contributed by atoms with van der Waals surface area (Å²) in [6, 6.07) is 86.1. The molecule has 2 heterocycles. The zero-order valence-corrected chi connectivity index (χ0v) is 35.6. The zero-order valence-electron chi connectivity index (χ0n) is 34.8. The summed E-state index contributed by atoms with van der Waals surface area (Å²) in [6.45, 7) is 0. The molecule has 0 N–H and O–H groups in total. The maximum atomic E-state index is 7.03. The Hall–Kier alpha value is -7.98. The second-order valence-corrected chi connectivity index (χ2v) is 17.8. The zero-order chi connectivity index (χ0) is 42.2. The third-order valence-electron chi connectivity index (χ3n) is 13.4. The molecule has 0 saturated heterocycles. The van der Waals surface area contributed by atoms with E-state index in [1.807, 2.05) is 11.3 Å². The Morgan fingerprint density at radius 1 is 0.344 bits per heavy atom. The quantitative estimate of drug-likeness (QED) is 0.165. The smallest absolute Gasteiger partial charge is 0.140 e. The highest BCUT2D eigenvalue weighted by atomic mass is 32.1. The molecule has 0 saturated carbocycles. The fourth-order valence-corrected chi connectivity index (χ4v) is 11.8. The predicted octanol–water partition coefficient (Wildman–Crippen LogP) is 17.0. The van der Waals surface area contributed by atoms with Crippen LogP contribution in [0.1, 0.15) is 22.3 Å². The van der Waals surface area contributed by atoms with Crippen LogP contribution in [0.2, 0.25) is 0 Å². The highest BCUT2D eigenvalue weighted by molar-refractivity contribution is 7.26. The van der Waals surface area contributed by atoms with Gasteiger partial charge < -0.3 is 9.64 Å². The molecule has 0 bridgehead atoms. The van der Waals surface area contributed by atoms with Crippen molar-refractivity contribution in [1.82, 2.24) is 0 Å². The summed E-state index contributed by atoms with van der Waals surface area (Å²) in [6.07, 6.45) is 0. The van der Waals surface area contributed by atoms with Crippen LogP contribution in [0.4, 0.5) is 17.1 Å². The molecule has 1 aromatic heterocycles. The van der Waals surface area contributed by atoms with Crippen LogP contribution in [0.5, 0.6) is 11.5 Å². The minimum absolute atomic E-state index is 0.511. The first-order valence-corrected chi connectivity index (χ1v) is 22.7. The highest BCUT2D eigenvalue weighted by Crippen LogP contribution is 2.63. The molecule has 0 unspecified atom stereocenters. The molecule has 10 aromatic carbocycles. The standard InChI is InChI=1S/C61H39NOS/c1-2-15-40(16-3-1)43-17-12-18-46(39-43)62(45-37-33-42(34-38-45)48-23-13-24-52-51-21-6-11-30-58(51)64-60(48)52)44-35-31-41(32-36-44)47-22-14-28-56-59(47)63-57-29-10-9-27-55(57)61(56)53-25-7-4-19-49(53)50-20-5-8-26-54(50)61/h1-39H. The van der Waals surface area contributed by atoms with Crippen LogP contribution in [0.15, 0.2) is 237 Å². The Labute approximate surface area is 376 Å². The molecule has 64 heavy (non-hydrogen) atoms. The molecular formula is C61H39NOS. The average Bonchev–Trinajstić information content (AvgIpc) is 3.89. The van der Waals surface area contributed by atoms with Gasteiger partial charge in [0.05, 0.1) is 5.41 Å². The van der Waals surface area contributed by atoms with Gasteiger partial charge in [-0.25, -0.2) is 0 Å². The first kappa shape index (κ1) is 36.7. The number of benzene rings is 10. The summed E-state index contributed by atoms with van der Waals surface area (Å²) >= 11 is 1.87. The average molecular weight is 834 g/mol. The van der Waals surface area contributed by atoms with E-state index in [9.17, 15) is 0 Å². The number of hydrogen-bond acceptors (Lipinski definition) is 3. The third-order valence-corrected chi connectivity index (χ3v) is 14.6. The van der Waals surface area contributed by atoms with Crippen molar-refractivity contribution < 1.29 is 4.74 Å². The SMILES string of the molecule is c1ccc(-c2cccc(N(c3ccc(-c4cccc5c4Oc4ccccc4C54c5ccccc5-c5ccccc54)cc3)c3ccc(-c4cccc5c4sc4ccccc45)cc3)c2)cc1. The Morgan fingerprint density at radius 2 is 0.875 bits per heavy atom. The summed E-state index contributed by atoms with van der Waals surface area (Å²) in [7, 11) is 0.